The van der Waals surface area contributed by atoms with Gasteiger partial charge < -0.3 is 14.2 Å². The molecule has 1 fully saturated rings. The van der Waals surface area contributed by atoms with Crippen molar-refractivity contribution in [3.63, 3.8) is 0 Å². The second kappa shape index (κ2) is 8.61. The maximum absolute atomic E-state index is 15.2. The standard InChI is InChI=1S/C27H31BFN5O2S/c1-16-18-9-7-8-10-19(18)20(29)15-33(16)17(2)21-13-22(25-30-11-12-37-25)34-24(31-21)14-23(32-34)28-35-26(3,4)27(5,6)36-28/h8,10-14,16,20H,2,7,9,15H2,1,3-6H3. The molecular formula is C27H31BFN5O2S. The highest BCUT2D eigenvalue weighted by Crippen LogP contribution is 2.38. The van der Waals surface area contributed by atoms with Crippen molar-refractivity contribution in [3.8, 4) is 10.7 Å². The Morgan fingerprint density at radius 1 is 1.22 bits per heavy atom. The van der Waals surface area contributed by atoms with Crippen molar-refractivity contribution in [2.75, 3.05) is 6.54 Å². The van der Waals surface area contributed by atoms with Gasteiger partial charge in [0.15, 0.2) is 5.65 Å². The number of hydrogen-bond acceptors (Lipinski definition) is 7. The Morgan fingerprint density at radius 3 is 2.68 bits per heavy atom. The summed E-state index contributed by atoms with van der Waals surface area (Å²) in [6.45, 7) is 14.8. The third kappa shape index (κ3) is 3.97. The molecule has 1 saturated heterocycles. The zero-order chi connectivity index (χ0) is 26.1. The number of thiazole rings is 1. The van der Waals surface area contributed by atoms with Gasteiger partial charge in [-0.3, -0.25) is 0 Å². The summed E-state index contributed by atoms with van der Waals surface area (Å²) in [5, 5.41) is 7.57. The molecule has 0 bridgehead atoms. The summed E-state index contributed by atoms with van der Waals surface area (Å²) in [5.41, 5.74) is 4.46. The fourth-order valence-corrected chi connectivity index (χ4v) is 5.92. The molecular weight excluding hydrogens is 488 g/mol. The summed E-state index contributed by atoms with van der Waals surface area (Å²) in [6.07, 6.45) is 6.54. The number of fused-ring (bicyclic) bond motifs is 1. The van der Waals surface area contributed by atoms with E-state index in [1.54, 1.807) is 10.7 Å². The van der Waals surface area contributed by atoms with E-state index in [1.165, 1.54) is 11.3 Å². The van der Waals surface area contributed by atoms with Crippen LogP contribution in [-0.2, 0) is 9.31 Å². The Balaban J connectivity index is 1.41. The number of halogens is 1. The minimum absolute atomic E-state index is 0.0472. The molecule has 0 spiro atoms. The lowest BCUT2D eigenvalue weighted by molar-refractivity contribution is 0.00578. The smallest absolute Gasteiger partial charge is 0.398 e. The van der Waals surface area contributed by atoms with Gasteiger partial charge in [-0.15, -0.1) is 11.3 Å². The second-order valence-corrected chi connectivity index (χ2v) is 11.9. The first-order valence-electron chi connectivity index (χ1n) is 12.7. The highest BCUT2D eigenvalue weighted by Gasteiger charge is 2.52. The van der Waals surface area contributed by atoms with Crippen LogP contribution in [0.4, 0.5) is 4.39 Å². The molecule has 3 aromatic rings. The van der Waals surface area contributed by atoms with Crippen LogP contribution in [0, 0.1) is 0 Å². The Hall–Kier alpha value is -2.82. The van der Waals surface area contributed by atoms with E-state index in [-0.39, 0.29) is 12.6 Å². The van der Waals surface area contributed by atoms with Crippen LogP contribution in [0.15, 0.2) is 53.6 Å². The van der Waals surface area contributed by atoms with E-state index in [1.807, 2.05) is 56.2 Å². The average molecular weight is 519 g/mol. The largest absolute Gasteiger partial charge is 0.516 e. The molecule has 2 atom stereocenters. The van der Waals surface area contributed by atoms with E-state index in [0.29, 0.717) is 22.6 Å². The van der Waals surface area contributed by atoms with Gasteiger partial charge in [-0.2, -0.15) is 5.10 Å². The van der Waals surface area contributed by atoms with Crippen molar-refractivity contribution in [2.45, 2.75) is 70.9 Å². The summed E-state index contributed by atoms with van der Waals surface area (Å²) in [6, 6.07) is 3.88. The van der Waals surface area contributed by atoms with Crippen molar-refractivity contribution in [3.05, 3.63) is 59.3 Å². The van der Waals surface area contributed by atoms with Crippen LogP contribution in [0.3, 0.4) is 0 Å². The number of alkyl halides is 1. The van der Waals surface area contributed by atoms with Crippen molar-refractivity contribution < 1.29 is 13.7 Å². The molecule has 6 rings (SSSR count). The summed E-state index contributed by atoms with van der Waals surface area (Å²) in [7, 11) is -0.610. The van der Waals surface area contributed by atoms with Gasteiger partial charge in [0, 0.05) is 23.7 Å². The van der Waals surface area contributed by atoms with Crippen molar-refractivity contribution in [1.82, 2.24) is 24.5 Å². The van der Waals surface area contributed by atoms with Crippen LogP contribution in [0.25, 0.3) is 22.0 Å². The molecule has 2 aliphatic heterocycles. The number of aromatic nitrogens is 4. The predicted octanol–water partition coefficient (Wildman–Crippen LogP) is 4.81. The fourth-order valence-electron chi connectivity index (χ4n) is 5.29. The molecule has 0 N–H and O–H groups in total. The molecule has 1 aliphatic carbocycles. The monoisotopic (exact) mass is 519 g/mol. The quantitative estimate of drug-likeness (QED) is 0.461. The predicted molar refractivity (Wildman–Crippen MR) is 145 cm³/mol. The van der Waals surface area contributed by atoms with Gasteiger partial charge in [0.2, 0.25) is 0 Å². The minimum Gasteiger partial charge on any atom is -0.398 e. The second-order valence-electron chi connectivity index (χ2n) is 11.0. The molecule has 192 valence electrons. The molecule has 7 nitrogen and oxygen atoms in total. The summed E-state index contributed by atoms with van der Waals surface area (Å²) in [4.78, 5) is 11.5. The van der Waals surface area contributed by atoms with Gasteiger partial charge >= 0.3 is 7.12 Å². The van der Waals surface area contributed by atoms with Gasteiger partial charge in [0.05, 0.1) is 34.7 Å². The van der Waals surface area contributed by atoms with Crippen molar-refractivity contribution in [2.24, 2.45) is 0 Å². The van der Waals surface area contributed by atoms with Gasteiger partial charge in [-0.25, -0.2) is 18.9 Å². The first-order valence-corrected chi connectivity index (χ1v) is 13.6. The molecule has 0 amide bonds. The van der Waals surface area contributed by atoms with E-state index in [2.05, 4.69) is 24.6 Å². The van der Waals surface area contributed by atoms with Crippen LogP contribution in [-0.4, -0.2) is 61.6 Å². The molecule has 3 aromatic heterocycles. The summed E-state index contributed by atoms with van der Waals surface area (Å²) >= 11 is 1.52. The molecule has 0 saturated carbocycles. The third-order valence-corrected chi connectivity index (χ3v) is 8.95. The minimum atomic E-state index is -1.05. The molecule has 37 heavy (non-hydrogen) atoms. The lowest BCUT2D eigenvalue weighted by Crippen LogP contribution is -2.43. The van der Waals surface area contributed by atoms with Crippen LogP contribution in [0.2, 0.25) is 0 Å². The number of allylic oxidation sites excluding steroid dienone is 2. The number of rotatable bonds is 4. The average Bonchev–Trinajstić information content (AvgIpc) is 3.58. The van der Waals surface area contributed by atoms with Gasteiger partial charge in [0.1, 0.15) is 16.9 Å². The molecule has 5 heterocycles. The molecule has 0 aromatic carbocycles. The Labute approximate surface area is 220 Å². The number of hydrogen-bond donors (Lipinski definition) is 0. The zero-order valence-corrected chi connectivity index (χ0v) is 22.7. The maximum Gasteiger partial charge on any atom is 0.516 e. The number of nitrogens with zero attached hydrogens (tertiary/aromatic N) is 5. The van der Waals surface area contributed by atoms with E-state index in [9.17, 15) is 0 Å². The first-order chi connectivity index (χ1) is 17.6. The first kappa shape index (κ1) is 24.5. The topological polar surface area (TPSA) is 64.8 Å². The Morgan fingerprint density at radius 2 is 1.97 bits per heavy atom. The van der Waals surface area contributed by atoms with Crippen LogP contribution in [0.1, 0.15) is 53.2 Å². The van der Waals surface area contributed by atoms with Gasteiger partial charge in [-0.05, 0) is 64.7 Å². The highest BCUT2D eigenvalue weighted by molar-refractivity contribution is 7.13. The summed E-state index contributed by atoms with van der Waals surface area (Å²) in [5.74, 6) is 0. The Bertz CT molecular complexity index is 1430. The van der Waals surface area contributed by atoms with E-state index < -0.39 is 24.5 Å². The summed E-state index contributed by atoms with van der Waals surface area (Å²) < 4.78 is 29.5. The van der Waals surface area contributed by atoms with E-state index >= 15 is 4.39 Å². The molecule has 0 radical (unpaired) electrons. The van der Waals surface area contributed by atoms with Gasteiger partial charge in [-0.1, -0.05) is 18.7 Å². The van der Waals surface area contributed by atoms with Crippen molar-refractivity contribution in [1.29, 1.82) is 0 Å². The zero-order valence-electron chi connectivity index (χ0n) is 21.9. The SMILES string of the molecule is C=C(c1cc(-c2nccs2)n2nc(B3OC(C)(C)C(C)(C)O3)cc2n1)N1CC(F)C2=C(CCC=C2)C1C. The normalized spacial score (nSPS) is 24.7. The molecule has 10 heteroatoms. The fraction of sp³-hybridized carbons (Fsp3) is 0.444. The van der Waals surface area contributed by atoms with Crippen LogP contribution in [0.5, 0.6) is 0 Å². The lowest BCUT2D eigenvalue weighted by atomic mass is 9.85. The van der Waals surface area contributed by atoms with Gasteiger partial charge in [0.25, 0.3) is 0 Å². The van der Waals surface area contributed by atoms with Crippen molar-refractivity contribution >= 4 is 35.4 Å². The van der Waals surface area contributed by atoms with E-state index in [0.717, 1.165) is 34.7 Å². The van der Waals surface area contributed by atoms with Crippen LogP contribution >= 0.6 is 11.3 Å². The molecule has 3 aliphatic rings. The lowest BCUT2D eigenvalue weighted by Gasteiger charge is -2.41. The third-order valence-electron chi connectivity index (χ3n) is 8.15. The Kier molecular flexibility index (Phi) is 5.71. The highest BCUT2D eigenvalue weighted by atomic mass is 32.1. The van der Waals surface area contributed by atoms with E-state index in [4.69, 9.17) is 19.4 Å². The maximum atomic E-state index is 15.2. The molecule has 2 unspecified atom stereocenters. The van der Waals surface area contributed by atoms with Crippen LogP contribution < -0.4 is 5.59 Å².